The van der Waals surface area contributed by atoms with Crippen LogP contribution in [-0.2, 0) is 0 Å². The summed E-state index contributed by atoms with van der Waals surface area (Å²) < 4.78 is 0. The monoisotopic (exact) mass is 195 g/mol. The van der Waals surface area contributed by atoms with Crippen LogP contribution >= 0.6 is 0 Å². The molecule has 0 aliphatic carbocycles. The van der Waals surface area contributed by atoms with Gasteiger partial charge in [-0.25, -0.2) is 0 Å². The summed E-state index contributed by atoms with van der Waals surface area (Å²) in [5.41, 5.74) is 0. The summed E-state index contributed by atoms with van der Waals surface area (Å²) in [6.45, 7) is 15.4. The average Bonchev–Trinajstić information content (AvgIpc) is 2.10. The van der Waals surface area contributed by atoms with Crippen LogP contribution in [0.3, 0.4) is 0 Å². The molecule has 0 bridgehead atoms. The summed E-state index contributed by atoms with van der Waals surface area (Å²) in [6.07, 6.45) is 6.83. The van der Waals surface area contributed by atoms with Crippen molar-refractivity contribution >= 4 is 0 Å². The molecule has 0 aliphatic rings. The van der Waals surface area contributed by atoms with Crippen molar-refractivity contribution in [3.63, 3.8) is 0 Å². The molecule has 0 rings (SSSR count). The molecule has 82 valence electrons. The number of rotatable bonds is 7. The van der Waals surface area contributed by atoms with Gasteiger partial charge in [-0.2, -0.15) is 0 Å². The lowest BCUT2D eigenvalue weighted by Crippen LogP contribution is -2.25. The summed E-state index contributed by atoms with van der Waals surface area (Å²) >= 11 is 0. The van der Waals surface area contributed by atoms with Crippen molar-refractivity contribution in [1.82, 2.24) is 0 Å². The fraction of sp³-hybridized carbons (Fsp3) is 0.786. The molecule has 0 saturated carbocycles. The van der Waals surface area contributed by atoms with Gasteiger partial charge in [0.25, 0.3) is 0 Å². The van der Waals surface area contributed by atoms with E-state index in [2.05, 4.69) is 47.6 Å². The van der Waals surface area contributed by atoms with E-state index in [0.717, 1.165) is 30.1 Å². The Kier molecular flexibility index (Phi) is 6.78. The van der Waals surface area contributed by atoms with Gasteiger partial charge in [0, 0.05) is 5.92 Å². The number of hydrogen-bond donors (Lipinski definition) is 0. The lowest BCUT2D eigenvalue weighted by molar-refractivity contribution is 0.200. The largest absolute Gasteiger partial charge is 0.103 e. The van der Waals surface area contributed by atoms with Crippen LogP contribution in [0.1, 0.15) is 47.5 Å². The minimum absolute atomic E-state index is 0.757. The van der Waals surface area contributed by atoms with Crippen LogP contribution in [0.4, 0.5) is 0 Å². The maximum atomic E-state index is 3.80. The van der Waals surface area contributed by atoms with Gasteiger partial charge in [0.2, 0.25) is 0 Å². The molecule has 0 spiro atoms. The van der Waals surface area contributed by atoms with E-state index in [1.165, 1.54) is 6.42 Å². The Morgan fingerprint density at radius 2 is 1.64 bits per heavy atom. The molecule has 0 aromatic rings. The fourth-order valence-electron chi connectivity index (χ4n) is 2.65. The summed E-state index contributed by atoms with van der Waals surface area (Å²) in [7, 11) is 0. The normalized spacial score (nSPS) is 13.7. The Morgan fingerprint density at radius 1 is 1.14 bits per heavy atom. The second kappa shape index (κ2) is 6.98. The Balaban J connectivity index is 4.33. The first-order valence-electron chi connectivity index (χ1n) is 5.94. The van der Waals surface area contributed by atoms with Crippen LogP contribution < -0.4 is 0 Å². The summed E-state index contributed by atoms with van der Waals surface area (Å²) in [4.78, 5) is 0. The molecule has 0 heteroatoms. The van der Waals surface area contributed by atoms with Gasteiger partial charge >= 0.3 is 0 Å². The smallest absolute Gasteiger partial charge is 0.101 e. The van der Waals surface area contributed by atoms with Crippen LogP contribution in [-0.4, -0.2) is 0 Å². The Hall–Kier alpha value is -0.390. The highest BCUT2D eigenvalue weighted by Gasteiger charge is 2.30. The van der Waals surface area contributed by atoms with E-state index in [4.69, 9.17) is 0 Å². The van der Waals surface area contributed by atoms with Crippen LogP contribution in [0.2, 0.25) is 0 Å². The predicted octanol–water partition coefficient (Wildman–Crippen LogP) is 4.72. The highest BCUT2D eigenvalue weighted by atomic mass is 14.3. The molecule has 1 atom stereocenters. The quantitative estimate of drug-likeness (QED) is 0.407. The maximum Gasteiger partial charge on any atom is 0.101 e. The van der Waals surface area contributed by atoms with E-state index >= 15 is 0 Å². The maximum absolute atomic E-state index is 3.80. The minimum Gasteiger partial charge on any atom is -0.103 e. The molecule has 0 N–H and O–H groups in total. The number of hydrogen-bond acceptors (Lipinski definition) is 0. The third kappa shape index (κ3) is 4.21. The van der Waals surface area contributed by atoms with Gasteiger partial charge < -0.3 is 0 Å². The first-order valence-corrected chi connectivity index (χ1v) is 5.94. The third-order valence-corrected chi connectivity index (χ3v) is 3.17. The van der Waals surface area contributed by atoms with E-state index in [0.29, 0.717) is 0 Å². The Bertz CT molecular complexity index is 136. The number of allylic oxidation sites excluding steroid dienone is 1. The van der Waals surface area contributed by atoms with Crippen LogP contribution in [0, 0.1) is 30.1 Å². The molecule has 0 aromatic carbocycles. The Labute approximate surface area is 90.8 Å². The molecule has 0 fully saturated rings. The van der Waals surface area contributed by atoms with Crippen LogP contribution in [0.15, 0.2) is 12.7 Å². The van der Waals surface area contributed by atoms with E-state index < -0.39 is 0 Å². The minimum atomic E-state index is 0.757. The highest BCUT2D eigenvalue weighted by Crippen LogP contribution is 2.33. The van der Waals surface area contributed by atoms with Crippen molar-refractivity contribution in [3.05, 3.63) is 19.1 Å². The van der Waals surface area contributed by atoms with Gasteiger partial charge in [-0.3, -0.25) is 0 Å². The molecule has 0 aliphatic heterocycles. The van der Waals surface area contributed by atoms with Crippen LogP contribution in [0.25, 0.3) is 0 Å². The molecule has 0 saturated heterocycles. The SMILES string of the molecule is C=CCCC([CH+]C)C(C(C)C)C(C)C. The fourth-order valence-corrected chi connectivity index (χ4v) is 2.65. The van der Waals surface area contributed by atoms with Gasteiger partial charge in [-0.15, -0.1) is 6.58 Å². The van der Waals surface area contributed by atoms with Gasteiger partial charge in [0.1, 0.15) is 5.92 Å². The third-order valence-electron chi connectivity index (χ3n) is 3.17. The molecular weight excluding hydrogens is 168 g/mol. The van der Waals surface area contributed by atoms with Gasteiger partial charge in [-0.1, -0.05) is 33.8 Å². The van der Waals surface area contributed by atoms with Crippen molar-refractivity contribution in [2.75, 3.05) is 0 Å². The standard InChI is InChI=1S/C14H27/c1-7-9-10-13(8-2)14(11(3)4)12(5)6/h7-8,11-14H,1,9-10H2,2-6H3/q+1. The first kappa shape index (κ1) is 13.6. The molecule has 14 heavy (non-hydrogen) atoms. The molecular formula is C14H27+. The lowest BCUT2D eigenvalue weighted by atomic mass is 9.73. The van der Waals surface area contributed by atoms with E-state index in [1.807, 2.05) is 6.08 Å². The average molecular weight is 195 g/mol. The van der Waals surface area contributed by atoms with Gasteiger partial charge in [0.15, 0.2) is 0 Å². The van der Waals surface area contributed by atoms with Crippen molar-refractivity contribution in [1.29, 1.82) is 0 Å². The molecule has 1 unspecified atom stereocenters. The molecule has 0 amide bonds. The zero-order valence-electron chi connectivity index (χ0n) is 10.6. The van der Waals surface area contributed by atoms with E-state index in [9.17, 15) is 0 Å². The summed E-state index contributed by atoms with van der Waals surface area (Å²) in [5, 5.41) is 0. The van der Waals surface area contributed by atoms with Crippen molar-refractivity contribution in [3.8, 4) is 0 Å². The summed E-state index contributed by atoms with van der Waals surface area (Å²) in [6, 6.07) is 0. The predicted molar refractivity (Wildman–Crippen MR) is 66.1 cm³/mol. The second-order valence-electron chi connectivity index (χ2n) is 4.93. The van der Waals surface area contributed by atoms with Crippen LogP contribution in [0.5, 0.6) is 0 Å². The Morgan fingerprint density at radius 3 is 1.93 bits per heavy atom. The van der Waals surface area contributed by atoms with Crippen molar-refractivity contribution < 1.29 is 0 Å². The van der Waals surface area contributed by atoms with E-state index in [1.54, 1.807) is 0 Å². The van der Waals surface area contributed by atoms with Gasteiger partial charge in [-0.05, 0) is 24.7 Å². The van der Waals surface area contributed by atoms with Gasteiger partial charge in [0.05, 0.1) is 13.3 Å². The zero-order valence-corrected chi connectivity index (χ0v) is 10.6. The lowest BCUT2D eigenvalue weighted by Gasteiger charge is -2.28. The highest BCUT2D eigenvalue weighted by molar-refractivity contribution is 4.84. The topological polar surface area (TPSA) is 0 Å². The first-order chi connectivity index (χ1) is 6.54. The van der Waals surface area contributed by atoms with Crippen molar-refractivity contribution in [2.45, 2.75) is 47.5 Å². The summed E-state index contributed by atoms with van der Waals surface area (Å²) in [5.74, 6) is 3.13. The molecule has 0 radical (unpaired) electrons. The zero-order chi connectivity index (χ0) is 11.1. The van der Waals surface area contributed by atoms with E-state index in [-0.39, 0.29) is 0 Å². The molecule has 0 aromatic heterocycles. The molecule has 0 nitrogen and oxygen atoms in total. The second-order valence-corrected chi connectivity index (χ2v) is 4.93. The molecule has 0 heterocycles. The van der Waals surface area contributed by atoms with Crippen molar-refractivity contribution in [2.24, 2.45) is 23.7 Å².